The maximum atomic E-state index is 11.0. The van der Waals surface area contributed by atoms with Crippen LogP contribution in [0.4, 0.5) is 5.69 Å². The van der Waals surface area contributed by atoms with Gasteiger partial charge >= 0.3 is 0 Å². The molecule has 3 rings (SSSR count). The molecule has 0 saturated carbocycles. The molecule has 0 aromatic heterocycles. The van der Waals surface area contributed by atoms with E-state index in [9.17, 15) is 10.1 Å². The van der Waals surface area contributed by atoms with Gasteiger partial charge in [-0.25, -0.2) is 0 Å². The van der Waals surface area contributed by atoms with Crippen molar-refractivity contribution in [3.63, 3.8) is 0 Å². The molecule has 0 unspecified atom stereocenters. The fourth-order valence-corrected chi connectivity index (χ4v) is 3.12. The van der Waals surface area contributed by atoms with Gasteiger partial charge in [-0.3, -0.25) is 15.0 Å². The van der Waals surface area contributed by atoms with E-state index in [1.54, 1.807) is 6.07 Å². The summed E-state index contributed by atoms with van der Waals surface area (Å²) >= 11 is 3.36. The van der Waals surface area contributed by atoms with E-state index in [4.69, 9.17) is 0 Å². The van der Waals surface area contributed by atoms with E-state index < -0.39 is 0 Å². The molecule has 2 aromatic carbocycles. The molecule has 0 spiro atoms. The van der Waals surface area contributed by atoms with Crippen molar-refractivity contribution >= 4 is 21.6 Å². The van der Waals surface area contributed by atoms with Gasteiger partial charge in [0.05, 0.1) is 9.40 Å². The molecule has 0 N–H and O–H groups in total. The van der Waals surface area contributed by atoms with E-state index in [0.717, 1.165) is 18.7 Å². The summed E-state index contributed by atoms with van der Waals surface area (Å²) in [7, 11) is 0. The maximum absolute atomic E-state index is 11.0. The van der Waals surface area contributed by atoms with E-state index in [1.807, 2.05) is 18.2 Å². The maximum Gasteiger partial charge on any atom is 0.283 e. The summed E-state index contributed by atoms with van der Waals surface area (Å²) in [6.07, 6.45) is 0. The zero-order valence-corrected chi connectivity index (χ0v) is 12.3. The summed E-state index contributed by atoms with van der Waals surface area (Å²) in [5.74, 6) is 0. The monoisotopic (exact) mass is 332 g/mol. The largest absolute Gasteiger partial charge is 0.291 e. The fraction of sp³-hybridized carbons (Fsp3) is 0.200. The summed E-state index contributed by atoms with van der Waals surface area (Å²) in [4.78, 5) is 12.9. The lowest BCUT2D eigenvalue weighted by Gasteiger charge is -2.15. The van der Waals surface area contributed by atoms with Crippen LogP contribution < -0.4 is 0 Å². The Morgan fingerprint density at radius 3 is 2.35 bits per heavy atom. The Hall–Kier alpha value is -1.72. The zero-order valence-electron chi connectivity index (χ0n) is 10.8. The minimum atomic E-state index is -0.355. The predicted molar refractivity (Wildman–Crippen MR) is 80.2 cm³/mol. The van der Waals surface area contributed by atoms with Crippen molar-refractivity contribution in [3.05, 3.63) is 73.7 Å². The molecule has 1 aliphatic rings. The van der Waals surface area contributed by atoms with Gasteiger partial charge in [0, 0.05) is 25.7 Å². The third kappa shape index (κ3) is 2.46. The van der Waals surface area contributed by atoms with Crippen molar-refractivity contribution in [2.24, 2.45) is 0 Å². The molecular formula is C15H13BrN2O2. The number of nitro groups is 1. The normalized spacial score (nSPS) is 14.2. The Morgan fingerprint density at radius 2 is 1.75 bits per heavy atom. The van der Waals surface area contributed by atoms with Crippen molar-refractivity contribution in [2.75, 3.05) is 0 Å². The summed E-state index contributed by atoms with van der Waals surface area (Å²) in [5.41, 5.74) is 3.76. The lowest BCUT2D eigenvalue weighted by Crippen LogP contribution is -2.16. The van der Waals surface area contributed by atoms with Gasteiger partial charge in [-0.15, -0.1) is 0 Å². The van der Waals surface area contributed by atoms with Crippen molar-refractivity contribution in [2.45, 2.75) is 19.6 Å². The minimum absolute atomic E-state index is 0.124. The highest BCUT2D eigenvalue weighted by molar-refractivity contribution is 9.10. The van der Waals surface area contributed by atoms with Crippen LogP contribution in [0.1, 0.15) is 16.7 Å². The van der Waals surface area contributed by atoms with Gasteiger partial charge in [-0.1, -0.05) is 36.4 Å². The third-order valence-electron chi connectivity index (χ3n) is 3.56. The molecule has 0 saturated heterocycles. The number of halogens is 1. The Kier molecular flexibility index (Phi) is 3.54. The molecule has 4 nitrogen and oxygen atoms in total. The van der Waals surface area contributed by atoms with Crippen molar-refractivity contribution in [1.82, 2.24) is 4.90 Å². The average Bonchev–Trinajstić information content (AvgIpc) is 2.83. The zero-order chi connectivity index (χ0) is 14.1. The molecule has 0 atom stereocenters. The molecule has 1 aliphatic heterocycles. The second-order valence-electron chi connectivity index (χ2n) is 4.92. The molecule has 0 radical (unpaired) electrons. The minimum Gasteiger partial charge on any atom is -0.291 e. The first-order chi connectivity index (χ1) is 9.65. The summed E-state index contributed by atoms with van der Waals surface area (Å²) in [6.45, 7) is 2.49. The lowest BCUT2D eigenvalue weighted by molar-refractivity contribution is -0.385. The van der Waals surface area contributed by atoms with Crippen LogP contribution in [0, 0.1) is 10.1 Å². The smallest absolute Gasteiger partial charge is 0.283 e. The average molecular weight is 333 g/mol. The van der Waals surface area contributed by atoms with E-state index in [2.05, 4.69) is 33.0 Å². The van der Waals surface area contributed by atoms with Gasteiger partial charge in [-0.05, 0) is 32.6 Å². The molecule has 5 heteroatoms. The van der Waals surface area contributed by atoms with Crippen molar-refractivity contribution < 1.29 is 4.92 Å². The fourth-order valence-electron chi connectivity index (χ4n) is 2.59. The van der Waals surface area contributed by atoms with Gasteiger partial charge in [-0.2, -0.15) is 0 Å². The lowest BCUT2D eigenvalue weighted by atomic mass is 10.1. The van der Waals surface area contributed by atoms with E-state index in [0.29, 0.717) is 11.0 Å². The second kappa shape index (κ2) is 5.34. The van der Waals surface area contributed by atoms with Crippen LogP contribution in [0.15, 0.2) is 46.9 Å². The standard InChI is InChI=1S/C15H13BrN2O2/c16-15-13(6-3-7-14(15)18(19)20)10-17-8-11-4-1-2-5-12(11)9-17/h1-7H,8-10H2. The predicted octanol–water partition coefficient (Wildman–Crippen LogP) is 3.87. The summed E-state index contributed by atoms with van der Waals surface area (Å²) < 4.78 is 0.584. The van der Waals surface area contributed by atoms with Crippen LogP contribution in [0.5, 0.6) is 0 Å². The third-order valence-corrected chi connectivity index (χ3v) is 4.47. The second-order valence-corrected chi connectivity index (χ2v) is 5.71. The number of fused-ring (bicyclic) bond motifs is 1. The Labute approximate surface area is 125 Å². The molecule has 102 valence electrons. The van der Waals surface area contributed by atoms with E-state index >= 15 is 0 Å². The van der Waals surface area contributed by atoms with Crippen LogP contribution in [-0.2, 0) is 19.6 Å². The van der Waals surface area contributed by atoms with E-state index in [-0.39, 0.29) is 10.6 Å². The molecule has 0 fully saturated rings. The van der Waals surface area contributed by atoms with Crippen LogP contribution in [0.2, 0.25) is 0 Å². The van der Waals surface area contributed by atoms with Crippen molar-refractivity contribution in [1.29, 1.82) is 0 Å². The van der Waals surface area contributed by atoms with Crippen molar-refractivity contribution in [3.8, 4) is 0 Å². The Morgan fingerprint density at radius 1 is 1.10 bits per heavy atom. The van der Waals surface area contributed by atoms with Gasteiger partial charge in [0.25, 0.3) is 5.69 Å². The van der Waals surface area contributed by atoms with Crippen LogP contribution >= 0.6 is 15.9 Å². The Balaban J connectivity index is 1.81. The van der Waals surface area contributed by atoms with Crippen LogP contribution in [-0.4, -0.2) is 9.82 Å². The number of nitrogens with zero attached hydrogens (tertiary/aromatic N) is 2. The molecular weight excluding hydrogens is 320 g/mol. The SMILES string of the molecule is O=[N+]([O-])c1cccc(CN2Cc3ccccc3C2)c1Br. The number of hydrogen-bond donors (Lipinski definition) is 0. The highest BCUT2D eigenvalue weighted by Gasteiger charge is 2.21. The molecule has 20 heavy (non-hydrogen) atoms. The number of hydrogen-bond acceptors (Lipinski definition) is 3. The quantitative estimate of drug-likeness (QED) is 0.633. The first kappa shape index (κ1) is 13.3. The van der Waals surface area contributed by atoms with Gasteiger partial charge in [0.2, 0.25) is 0 Å². The first-order valence-corrected chi connectivity index (χ1v) is 7.15. The van der Waals surface area contributed by atoms with Crippen LogP contribution in [0.25, 0.3) is 0 Å². The summed E-state index contributed by atoms with van der Waals surface area (Å²) in [6, 6.07) is 13.6. The number of rotatable bonds is 3. The first-order valence-electron chi connectivity index (χ1n) is 6.36. The highest BCUT2D eigenvalue weighted by atomic mass is 79.9. The Bertz CT molecular complexity index is 648. The van der Waals surface area contributed by atoms with Crippen LogP contribution in [0.3, 0.4) is 0 Å². The van der Waals surface area contributed by atoms with Gasteiger partial charge in [0.15, 0.2) is 0 Å². The van der Waals surface area contributed by atoms with Gasteiger partial charge < -0.3 is 0 Å². The number of benzene rings is 2. The molecule has 0 aliphatic carbocycles. The van der Waals surface area contributed by atoms with Gasteiger partial charge in [0.1, 0.15) is 0 Å². The molecule has 0 bridgehead atoms. The summed E-state index contributed by atoms with van der Waals surface area (Å²) in [5, 5.41) is 11.0. The molecule has 0 amide bonds. The molecule has 1 heterocycles. The van der Waals surface area contributed by atoms with E-state index in [1.165, 1.54) is 17.2 Å². The topological polar surface area (TPSA) is 46.4 Å². The highest BCUT2D eigenvalue weighted by Crippen LogP contribution is 2.31. The number of nitro benzene ring substituents is 1. The molecule has 2 aromatic rings.